The monoisotopic (exact) mass is 337 g/mol. The van der Waals surface area contributed by atoms with E-state index in [9.17, 15) is 4.79 Å². The van der Waals surface area contributed by atoms with Gasteiger partial charge in [-0.3, -0.25) is 9.67 Å². The SMILES string of the molecule is COc1ccccc1C(OC(=O)c1cnn(C)c1C)c1ccccn1. The Balaban J connectivity index is 2.00. The fourth-order valence-corrected chi connectivity index (χ4v) is 2.57. The second-order valence-electron chi connectivity index (χ2n) is 5.55. The van der Waals surface area contributed by atoms with Crippen LogP contribution >= 0.6 is 0 Å². The summed E-state index contributed by atoms with van der Waals surface area (Å²) in [6, 6.07) is 12.9. The summed E-state index contributed by atoms with van der Waals surface area (Å²) < 4.78 is 12.9. The number of aromatic nitrogens is 3. The molecular weight excluding hydrogens is 318 g/mol. The Morgan fingerprint density at radius 3 is 2.56 bits per heavy atom. The van der Waals surface area contributed by atoms with Crippen molar-refractivity contribution in [3.8, 4) is 5.75 Å². The molecule has 2 aromatic heterocycles. The third-order valence-electron chi connectivity index (χ3n) is 4.06. The van der Waals surface area contributed by atoms with Gasteiger partial charge in [0.15, 0.2) is 6.10 Å². The van der Waals surface area contributed by atoms with E-state index in [1.165, 1.54) is 6.20 Å². The zero-order valence-corrected chi connectivity index (χ0v) is 14.3. The van der Waals surface area contributed by atoms with Crippen molar-refractivity contribution < 1.29 is 14.3 Å². The van der Waals surface area contributed by atoms with Crippen LogP contribution in [-0.4, -0.2) is 27.8 Å². The van der Waals surface area contributed by atoms with Gasteiger partial charge in [-0.2, -0.15) is 5.10 Å². The molecule has 0 N–H and O–H groups in total. The van der Waals surface area contributed by atoms with Crippen LogP contribution in [0.5, 0.6) is 5.75 Å². The normalized spacial score (nSPS) is 11.8. The summed E-state index contributed by atoms with van der Waals surface area (Å²) in [4.78, 5) is 17.0. The fraction of sp³-hybridized carbons (Fsp3) is 0.211. The molecule has 0 spiro atoms. The summed E-state index contributed by atoms with van der Waals surface area (Å²) in [5, 5.41) is 4.10. The molecule has 6 nitrogen and oxygen atoms in total. The lowest BCUT2D eigenvalue weighted by Crippen LogP contribution is -2.15. The second kappa shape index (κ2) is 7.17. The van der Waals surface area contributed by atoms with Crippen molar-refractivity contribution in [3.63, 3.8) is 0 Å². The number of hydrogen-bond donors (Lipinski definition) is 0. The van der Waals surface area contributed by atoms with E-state index >= 15 is 0 Å². The molecule has 1 atom stereocenters. The third kappa shape index (κ3) is 3.38. The Bertz CT molecular complexity index is 875. The van der Waals surface area contributed by atoms with Crippen molar-refractivity contribution in [1.29, 1.82) is 0 Å². The Morgan fingerprint density at radius 2 is 1.92 bits per heavy atom. The molecule has 25 heavy (non-hydrogen) atoms. The molecule has 0 bridgehead atoms. The summed E-state index contributed by atoms with van der Waals surface area (Å²) in [7, 11) is 3.37. The molecule has 0 radical (unpaired) electrons. The van der Waals surface area contributed by atoms with Crippen molar-refractivity contribution in [2.75, 3.05) is 7.11 Å². The number of ether oxygens (including phenoxy) is 2. The van der Waals surface area contributed by atoms with E-state index in [0.717, 1.165) is 11.3 Å². The van der Waals surface area contributed by atoms with Crippen LogP contribution in [0.1, 0.15) is 33.4 Å². The first kappa shape index (κ1) is 16.7. The number of benzene rings is 1. The van der Waals surface area contributed by atoms with Crippen molar-refractivity contribution in [2.24, 2.45) is 7.05 Å². The van der Waals surface area contributed by atoms with E-state index in [4.69, 9.17) is 9.47 Å². The molecule has 0 saturated heterocycles. The predicted molar refractivity (Wildman–Crippen MR) is 92.4 cm³/mol. The molecule has 2 heterocycles. The lowest BCUT2D eigenvalue weighted by atomic mass is 10.0. The van der Waals surface area contributed by atoms with Crippen LogP contribution in [0, 0.1) is 6.92 Å². The molecule has 3 aromatic rings. The Kier molecular flexibility index (Phi) is 4.79. The molecule has 128 valence electrons. The number of pyridine rings is 1. The summed E-state index contributed by atoms with van der Waals surface area (Å²) in [5.74, 6) is 0.182. The highest BCUT2D eigenvalue weighted by molar-refractivity contribution is 5.90. The molecule has 3 rings (SSSR count). The molecule has 6 heteroatoms. The van der Waals surface area contributed by atoms with Gasteiger partial charge in [-0.05, 0) is 25.1 Å². The van der Waals surface area contributed by atoms with Gasteiger partial charge in [0.1, 0.15) is 11.3 Å². The highest BCUT2D eigenvalue weighted by Gasteiger charge is 2.25. The molecule has 0 saturated carbocycles. The van der Waals surface area contributed by atoms with Crippen LogP contribution in [-0.2, 0) is 11.8 Å². The van der Waals surface area contributed by atoms with Gasteiger partial charge in [-0.1, -0.05) is 24.3 Å². The maximum absolute atomic E-state index is 12.7. The number of para-hydroxylation sites is 1. The number of methoxy groups -OCH3 is 1. The maximum atomic E-state index is 12.7. The number of hydrogen-bond acceptors (Lipinski definition) is 5. The quantitative estimate of drug-likeness (QED) is 0.669. The van der Waals surface area contributed by atoms with E-state index in [0.29, 0.717) is 17.0 Å². The van der Waals surface area contributed by atoms with Crippen LogP contribution in [0.15, 0.2) is 54.9 Å². The van der Waals surface area contributed by atoms with Gasteiger partial charge in [-0.25, -0.2) is 4.79 Å². The van der Waals surface area contributed by atoms with Gasteiger partial charge in [0.2, 0.25) is 0 Å². The minimum atomic E-state index is -0.676. The summed E-state index contributed by atoms with van der Waals surface area (Å²) in [6.07, 6.45) is 2.50. The number of carbonyl (C=O) groups excluding carboxylic acids is 1. The summed E-state index contributed by atoms with van der Waals surface area (Å²) in [6.45, 7) is 1.82. The van der Waals surface area contributed by atoms with Crippen LogP contribution in [0.4, 0.5) is 0 Å². The van der Waals surface area contributed by atoms with E-state index in [1.54, 1.807) is 25.0 Å². The van der Waals surface area contributed by atoms with Gasteiger partial charge < -0.3 is 9.47 Å². The van der Waals surface area contributed by atoms with Gasteiger partial charge in [0.05, 0.1) is 19.0 Å². The number of rotatable bonds is 5. The van der Waals surface area contributed by atoms with Gasteiger partial charge in [0.25, 0.3) is 0 Å². The highest BCUT2D eigenvalue weighted by atomic mass is 16.5. The zero-order valence-electron chi connectivity index (χ0n) is 14.3. The lowest BCUT2D eigenvalue weighted by molar-refractivity contribution is 0.0366. The van der Waals surface area contributed by atoms with Gasteiger partial charge >= 0.3 is 5.97 Å². The van der Waals surface area contributed by atoms with Crippen molar-refractivity contribution in [2.45, 2.75) is 13.0 Å². The summed E-state index contributed by atoms with van der Waals surface area (Å²) >= 11 is 0. The van der Waals surface area contributed by atoms with E-state index < -0.39 is 12.1 Å². The molecule has 0 amide bonds. The minimum Gasteiger partial charge on any atom is -0.496 e. The van der Waals surface area contributed by atoms with E-state index in [2.05, 4.69) is 10.1 Å². The lowest BCUT2D eigenvalue weighted by Gasteiger charge is -2.20. The van der Waals surface area contributed by atoms with Gasteiger partial charge in [-0.15, -0.1) is 0 Å². The molecule has 1 unspecified atom stereocenters. The topological polar surface area (TPSA) is 66.2 Å². The van der Waals surface area contributed by atoms with Crippen molar-refractivity contribution >= 4 is 5.97 Å². The first-order valence-electron chi connectivity index (χ1n) is 7.85. The Morgan fingerprint density at radius 1 is 1.16 bits per heavy atom. The highest BCUT2D eigenvalue weighted by Crippen LogP contribution is 2.32. The smallest absolute Gasteiger partial charge is 0.342 e. The number of carbonyl (C=O) groups is 1. The van der Waals surface area contributed by atoms with E-state index in [-0.39, 0.29) is 0 Å². The first-order chi connectivity index (χ1) is 12.1. The van der Waals surface area contributed by atoms with Crippen LogP contribution in [0.2, 0.25) is 0 Å². The van der Waals surface area contributed by atoms with Crippen LogP contribution < -0.4 is 4.74 Å². The largest absolute Gasteiger partial charge is 0.496 e. The van der Waals surface area contributed by atoms with E-state index in [1.807, 2.05) is 49.4 Å². The Hall–Kier alpha value is -3.15. The average molecular weight is 337 g/mol. The molecular formula is C19H19N3O3. The summed E-state index contributed by atoms with van der Waals surface area (Å²) in [5.41, 5.74) is 2.53. The number of nitrogens with zero attached hydrogens (tertiary/aromatic N) is 3. The Labute approximate surface area is 146 Å². The number of esters is 1. The van der Waals surface area contributed by atoms with Crippen molar-refractivity contribution in [1.82, 2.24) is 14.8 Å². The van der Waals surface area contributed by atoms with Crippen molar-refractivity contribution in [3.05, 3.63) is 77.4 Å². The number of aryl methyl sites for hydroxylation is 1. The molecule has 0 aliphatic heterocycles. The third-order valence-corrected chi connectivity index (χ3v) is 4.06. The molecule has 1 aromatic carbocycles. The zero-order chi connectivity index (χ0) is 17.8. The molecule has 0 fully saturated rings. The second-order valence-corrected chi connectivity index (χ2v) is 5.55. The fourth-order valence-electron chi connectivity index (χ4n) is 2.57. The van der Waals surface area contributed by atoms with Crippen LogP contribution in [0.25, 0.3) is 0 Å². The predicted octanol–water partition coefficient (Wildman–Crippen LogP) is 3.08. The average Bonchev–Trinajstić information content (AvgIpc) is 2.99. The van der Waals surface area contributed by atoms with Gasteiger partial charge in [0, 0.05) is 24.5 Å². The standard InChI is InChI=1S/C19H19N3O3/c1-13-15(12-21-22(13)2)19(23)25-18(16-9-6-7-11-20-16)14-8-4-5-10-17(14)24-3/h4-12,18H,1-3H3. The molecule has 0 aliphatic rings. The van der Waals surface area contributed by atoms with Crippen LogP contribution in [0.3, 0.4) is 0 Å². The minimum absolute atomic E-state index is 0.429. The first-order valence-corrected chi connectivity index (χ1v) is 7.85. The molecule has 0 aliphatic carbocycles. The maximum Gasteiger partial charge on any atom is 0.342 e.